The second-order valence-electron chi connectivity index (χ2n) is 4.50. The third-order valence-electron chi connectivity index (χ3n) is 3.11. The monoisotopic (exact) mass is 275 g/mol. The molecule has 1 atom stereocenters. The maximum absolute atomic E-state index is 8.97. The number of nitrogens with zero attached hydrogens (tertiary/aromatic N) is 3. The Kier molecular flexibility index (Phi) is 3.00. The number of hydrogen-bond donors (Lipinski definition) is 0. The van der Waals surface area contributed by atoms with Crippen LogP contribution in [0.3, 0.4) is 0 Å². The van der Waals surface area contributed by atoms with E-state index in [9.17, 15) is 0 Å². The molecule has 0 amide bonds. The van der Waals surface area contributed by atoms with Crippen molar-refractivity contribution in [3.63, 3.8) is 0 Å². The van der Waals surface area contributed by atoms with Crippen LogP contribution < -0.4 is 0 Å². The van der Waals surface area contributed by atoms with Crippen LogP contribution in [0, 0.1) is 18.3 Å². The molecule has 18 heavy (non-hydrogen) atoms. The third kappa shape index (κ3) is 1.90. The Morgan fingerprint density at radius 1 is 1.39 bits per heavy atom. The van der Waals surface area contributed by atoms with Gasteiger partial charge in [-0.3, -0.25) is 0 Å². The summed E-state index contributed by atoms with van der Waals surface area (Å²) in [5, 5.41) is 11.1. The van der Waals surface area contributed by atoms with Crippen LogP contribution in [-0.4, -0.2) is 15.2 Å². The van der Waals surface area contributed by atoms with Gasteiger partial charge in [0.2, 0.25) is 0 Å². The molecule has 1 aliphatic carbocycles. The minimum atomic E-state index is -0.0700. The lowest BCUT2D eigenvalue weighted by Crippen LogP contribution is -1.96. The maximum Gasteiger partial charge on any atom is 0.128 e. The number of hydrogen-bond acceptors (Lipinski definition) is 5. The van der Waals surface area contributed by atoms with Gasteiger partial charge in [-0.25, -0.2) is 9.97 Å². The number of thioether (sulfide) groups is 1. The number of aryl methyl sites for hydroxylation is 3. The van der Waals surface area contributed by atoms with Crippen LogP contribution in [0.15, 0.2) is 5.03 Å². The van der Waals surface area contributed by atoms with E-state index in [-0.39, 0.29) is 5.25 Å². The molecule has 0 bridgehead atoms. The molecule has 2 heterocycles. The van der Waals surface area contributed by atoms with Gasteiger partial charge in [-0.05, 0) is 38.7 Å². The zero-order chi connectivity index (χ0) is 12.7. The van der Waals surface area contributed by atoms with Crippen LogP contribution in [0.5, 0.6) is 0 Å². The number of aromatic nitrogens is 2. The van der Waals surface area contributed by atoms with Gasteiger partial charge in [0.1, 0.15) is 15.7 Å². The van der Waals surface area contributed by atoms with E-state index in [0.717, 1.165) is 22.1 Å². The Bertz CT molecular complexity index is 654. The summed E-state index contributed by atoms with van der Waals surface area (Å²) in [6.07, 6.45) is 3.55. The normalized spacial score (nSPS) is 15.6. The Morgan fingerprint density at radius 2 is 2.22 bits per heavy atom. The maximum atomic E-state index is 8.97. The Hall–Kier alpha value is -1.12. The molecule has 0 saturated heterocycles. The number of thiophene rings is 1. The van der Waals surface area contributed by atoms with Crippen LogP contribution in [-0.2, 0) is 12.8 Å². The van der Waals surface area contributed by atoms with Gasteiger partial charge in [0.15, 0.2) is 0 Å². The zero-order valence-electron chi connectivity index (χ0n) is 10.4. The van der Waals surface area contributed by atoms with Gasteiger partial charge in [-0.15, -0.1) is 11.3 Å². The summed E-state index contributed by atoms with van der Waals surface area (Å²) in [6, 6.07) is 2.26. The highest BCUT2D eigenvalue weighted by Gasteiger charge is 2.22. The SMILES string of the molecule is Cc1nc(SC(C)C#N)c2c3c(sc2n1)CCC3. The van der Waals surface area contributed by atoms with E-state index in [1.165, 1.54) is 28.7 Å². The minimum absolute atomic E-state index is 0.0700. The first-order chi connectivity index (χ1) is 8.69. The van der Waals surface area contributed by atoms with Crippen molar-refractivity contribution >= 4 is 33.3 Å². The second kappa shape index (κ2) is 4.52. The van der Waals surface area contributed by atoms with Crippen LogP contribution in [0.2, 0.25) is 0 Å². The lowest BCUT2D eigenvalue weighted by atomic mass is 10.2. The van der Waals surface area contributed by atoms with E-state index in [2.05, 4.69) is 16.0 Å². The van der Waals surface area contributed by atoms with E-state index in [4.69, 9.17) is 5.26 Å². The molecule has 0 radical (unpaired) electrons. The molecule has 3 rings (SSSR count). The van der Waals surface area contributed by atoms with Crippen LogP contribution >= 0.6 is 23.1 Å². The molecule has 1 unspecified atom stereocenters. The van der Waals surface area contributed by atoms with E-state index >= 15 is 0 Å². The molecule has 2 aromatic heterocycles. The summed E-state index contributed by atoms with van der Waals surface area (Å²) in [5.74, 6) is 0.801. The predicted molar refractivity (Wildman–Crippen MR) is 75.1 cm³/mol. The first-order valence-corrected chi connectivity index (χ1v) is 7.74. The highest BCUT2D eigenvalue weighted by atomic mass is 32.2. The zero-order valence-corrected chi connectivity index (χ0v) is 12.0. The van der Waals surface area contributed by atoms with Gasteiger partial charge in [0, 0.05) is 10.3 Å². The smallest absolute Gasteiger partial charge is 0.128 e. The number of fused-ring (bicyclic) bond motifs is 3. The quantitative estimate of drug-likeness (QED) is 0.622. The molecule has 0 spiro atoms. The molecule has 0 aromatic carbocycles. The fraction of sp³-hybridized carbons (Fsp3) is 0.462. The summed E-state index contributed by atoms with van der Waals surface area (Å²) in [7, 11) is 0. The van der Waals surface area contributed by atoms with Gasteiger partial charge in [-0.2, -0.15) is 5.26 Å². The lowest BCUT2D eigenvalue weighted by molar-refractivity contribution is 0.914. The molecular weight excluding hydrogens is 262 g/mol. The lowest BCUT2D eigenvalue weighted by Gasteiger charge is -2.06. The molecular formula is C13H13N3S2. The summed E-state index contributed by atoms with van der Waals surface area (Å²) in [6.45, 7) is 3.84. The van der Waals surface area contributed by atoms with Crippen molar-refractivity contribution in [3.05, 3.63) is 16.3 Å². The van der Waals surface area contributed by atoms with Gasteiger partial charge in [0.05, 0.1) is 11.3 Å². The number of rotatable bonds is 2. The number of nitriles is 1. The average Bonchev–Trinajstić information content (AvgIpc) is 2.87. The second-order valence-corrected chi connectivity index (χ2v) is 6.92. The largest absolute Gasteiger partial charge is 0.226 e. The molecule has 92 valence electrons. The summed E-state index contributed by atoms with van der Waals surface area (Å²) < 4.78 is 0. The van der Waals surface area contributed by atoms with E-state index in [1.807, 2.05) is 13.8 Å². The third-order valence-corrected chi connectivity index (χ3v) is 5.28. The molecule has 3 nitrogen and oxygen atoms in total. The average molecular weight is 275 g/mol. The van der Waals surface area contributed by atoms with Crippen molar-refractivity contribution in [2.75, 3.05) is 0 Å². The van der Waals surface area contributed by atoms with E-state index in [0.29, 0.717) is 0 Å². The Labute approximate surface area is 114 Å². The van der Waals surface area contributed by atoms with Gasteiger partial charge >= 0.3 is 0 Å². The van der Waals surface area contributed by atoms with Crippen molar-refractivity contribution in [2.45, 2.75) is 43.4 Å². The van der Waals surface area contributed by atoms with Crippen molar-refractivity contribution in [1.29, 1.82) is 5.26 Å². The topological polar surface area (TPSA) is 49.6 Å². The van der Waals surface area contributed by atoms with E-state index < -0.39 is 0 Å². The highest BCUT2D eigenvalue weighted by Crippen LogP contribution is 2.41. The van der Waals surface area contributed by atoms with Gasteiger partial charge in [-0.1, -0.05) is 11.8 Å². The van der Waals surface area contributed by atoms with Crippen LogP contribution in [0.25, 0.3) is 10.2 Å². The molecule has 0 saturated carbocycles. The van der Waals surface area contributed by atoms with Crippen molar-refractivity contribution < 1.29 is 0 Å². The molecule has 1 aliphatic rings. The fourth-order valence-electron chi connectivity index (χ4n) is 2.34. The summed E-state index contributed by atoms with van der Waals surface area (Å²) >= 11 is 3.35. The highest BCUT2D eigenvalue weighted by molar-refractivity contribution is 8.00. The minimum Gasteiger partial charge on any atom is -0.226 e. The molecule has 0 N–H and O–H groups in total. The molecule has 5 heteroatoms. The summed E-state index contributed by atoms with van der Waals surface area (Å²) in [5.41, 5.74) is 1.43. The van der Waals surface area contributed by atoms with Crippen LogP contribution in [0.1, 0.15) is 29.6 Å². The molecule has 0 fully saturated rings. The van der Waals surface area contributed by atoms with E-state index in [1.54, 1.807) is 23.1 Å². The fourth-order valence-corrected chi connectivity index (χ4v) is 4.62. The van der Waals surface area contributed by atoms with Crippen molar-refractivity contribution in [1.82, 2.24) is 9.97 Å². The first kappa shape index (κ1) is 11.9. The predicted octanol–water partition coefficient (Wildman–Crippen LogP) is 3.49. The van der Waals surface area contributed by atoms with Crippen LogP contribution in [0.4, 0.5) is 0 Å². The van der Waals surface area contributed by atoms with Gasteiger partial charge < -0.3 is 0 Å². The Balaban J connectivity index is 2.19. The first-order valence-electron chi connectivity index (χ1n) is 6.04. The molecule has 2 aromatic rings. The summed E-state index contributed by atoms with van der Waals surface area (Å²) in [4.78, 5) is 11.7. The standard InChI is InChI=1S/C13H13N3S2/c1-7(6-14)17-12-11-9-4-3-5-10(9)18-13(11)16-8(2)15-12/h7H,3-5H2,1-2H3. The Morgan fingerprint density at radius 3 is 3.00 bits per heavy atom. The van der Waals surface area contributed by atoms with Crippen molar-refractivity contribution in [3.8, 4) is 6.07 Å². The molecule has 0 aliphatic heterocycles. The van der Waals surface area contributed by atoms with Gasteiger partial charge in [0.25, 0.3) is 0 Å². The van der Waals surface area contributed by atoms with Crippen molar-refractivity contribution in [2.24, 2.45) is 0 Å².